The van der Waals surface area contributed by atoms with Gasteiger partial charge in [0.25, 0.3) is 0 Å². The van der Waals surface area contributed by atoms with Crippen molar-refractivity contribution in [3.63, 3.8) is 0 Å². The molecule has 0 aliphatic rings. The van der Waals surface area contributed by atoms with E-state index in [0.717, 1.165) is 18.4 Å². The van der Waals surface area contributed by atoms with Crippen LogP contribution in [-0.2, 0) is 12.5 Å². The predicted molar refractivity (Wildman–Crippen MR) is 115 cm³/mol. The summed E-state index contributed by atoms with van der Waals surface area (Å²) in [6, 6.07) is 4.87. The molecule has 0 spiro atoms. The van der Waals surface area contributed by atoms with Crippen LogP contribution in [-0.4, -0.2) is 6.36 Å². The molecule has 0 amide bonds. The SMILES string of the molecule is CCCCc1ccc(C#Cc2cc(F)c(C(F)(F)Oc3cc(F)c(OC(F)(F)F)c(F)c3)c(F)c2)c(F)c1. The van der Waals surface area contributed by atoms with Crippen molar-refractivity contribution in [2.75, 3.05) is 0 Å². The molecule has 38 heavy (non-hydrogen) atoms. The predicted octanol–water partition coefficient (Wildman–Crippen LogP) is 8.15. The molecule has 0 radical (unpaired) electrons. The first-order chi connectivity index (χ1) is 17.7. The van der Waals surface area contributed by atoms with E-state index < -0.39 is 64.2 Å². The second kappa shape index (κ2) is 11.2. The summed E-state index contributed by atoms with van der Waals surface area (Å²) in [5, 5.41) is 0. The van der Waals surface area contributed by atoms with Crippen molar-refractivity contribution in [3.8, 4) is 23.3 Å². The fourth-order valence-corrected chi connectivity index (χ4v) is 3.27. The number of unbranched alkanes of at least 4 members (excludes halogenated alkanes) is 1. The minimum Gasteiger partial charge on any atom is -0.429 e. The minimum atomic E-state index is -5.49. The number of benzene rings is 3. The molecule has 0 aromatic heterocycles. The number of alkyl halides is 5. The van der Waals surface area contributed by atoms with Crippen LogP contribution in [0.3, 0.4) is 0 Å². The van der Waals surface area contributed by atoms with Gasteiger partial charge >= 0.3 is 12.5 Å². The normalized spacial score (nSPS) is 11.7. The molecule has 202 valence electrons. The third-order valence-corrected chi connectivity index (χ3v) is 4.96. The lowest BCUT2D eigenvalue weighted by Gasteiger charge is -2.20. The molecule has 3 aromatic carbocycles. The Labute approximate surface area is 209 Å². The summed E-state index contributed by atoms with van der Waals surface area (Å²) in [7, 11) is 0. The molecule has 2 nitrogen and oxygen atoms in total. The van der Waals surface area contributed by atoms with E-state index in [4.69, 9.17) is 0 Å². The summed E-state index contributed by atoms with van der Waals surface area (Å²) < 4.78 is 144. The van der Waals surface area contributed by atoms with Gasteiger partial charge in [0, 0.05) is 17.7 Å². The van der Waals surface area contributed by atoms with Crippen molar-refractivity contribution in [3.05, 3.63) is 93.8 Å². The van der Waals surface area contributed by atoms with Crippen LogP contribution in [0.1, 0.15) is 42.0 Å². The average molecular weight is 550 g/mol. The van der Waals surface area contributed by atoms with Gasteiger partial charge in [0.05, 0.1) is 5.56 Å². The Morgan fingerprint density at radius 3 is 1.84 bits per heavy atom. The number of hydrogen-bond donors (Lipinski definition) is 0. The third kappa shape index (κ3) is 7.12. The number of aryl methyl sites for hydroxylation is 1. The van der Waals surface area contributed by atoms with Crippen molar-refractivity contribution in [2.24, 2.45) is 0 Å². The first-order valence-electron chi connectivity index (χ1n) is 10.8. The van der Waals surface area contributed by atoms with Gasteiger partial charge in [-0.1, -0.05) is 31.3 Å². The highest BCUT2D eigenvalue weighted by molar-refractivity contribution is 5.46. The Morgan fingerprint density at radius 1 is 0.711 bits per heavy atom. The number of rotatable bonds is 7. The zero-order valence-corrected chi connectivity index (χ0v) is 19.3. The van der Waals surface area contributed by atoms with Crippen LogP contribution >= 0.6 is 0 Å². The van der Waals surface area contributed by atoms with E-state index in [1.165, 1.54) is 12.1 Å². The van der Waals surface area contributed by atoms with Crippen molar-refractivity contribution in [2.45, 2.75) is 38.7 Å². The molecular formula is C26H16F10O2. The maximum absolute atomic E-state index is 14.5. The Morgan fingerprint density at radius 2 is 1.32 bits per heavy atom. The van der Waals surface area contributed by atoms with Gasteiger partial charge < -0.3 is 9.47 Å². The van der Waals surface area contributed by atoms with Gasteiger partial charge in [0.1, 0.15) is 28.8 Å². The molecule has 0 aliphatic carbocycles. The lowest BCUT2D eigenvalue weighted by atomic mass is 10.1. The average Bonchev–Trinajstić information content (AvgIpc) is 2.78. The maximum atomic E-state index is 14.5. The Hall–Kier alpha value is -3.88. The third-order valence-electron chi connectivity index (χ3n) is 4.96. The van der Waals surface area contributed by atoms with Crippen LogP contribution in [0, 0.1) is 40.9 Å². The Balaban J connectivity index is 1.85. The van der Waals surface area contributed by atoms with Crippen molar-refractivity contribution in [1.29, 1.82) is 0 Å². The zero-order chi connectivity index (χ0) is 28.3. The van der Waals surface area contributed by atoms with Crippen molar-refractivity contribution >= 4 is 0 Å². The van der Waals surface area contributed by atoms with Crippen LogP contribution in [0.2, 0.25) is 0 Å². The van der Waals surface area contributed by atoms with Crippen molar-refractivity contribution in [1.82, 2.24) is 0 Å². The molecule has 0 saturated carbocycles. The van der Waals surface area contributed by atoms with Crippen LogP contribution < -0.4 is 9.47 Å². The van der Waals surface area contributed by atoms with Gasteiger partial charge in [-0.05, 0) is 42.7 Å². The molecule has 12 heteroatoms. The molecule has 0 heterocycles. The zero-order valence-electron chi connectivity index (χ0n) is 19.3. The number of ether oxygens (including phenoxy) is 2. The summed E-state index contributed by atoms with van der Waals surface area (Å²) >= 11 is 0. The van der Waals surface area contributed by atoms with Gasteiger partial charge in [-0.25, -0.2) is 22.0 Å². The minimum absolute atomic E-state index is 0.0875. The van der Waals surface area contributed by atoms with E-state index in [1.54, 1.807) is 6.07 Å². The van der Waals surface area contributed by atoms with Gasteiger partial charge in [-0.3, -0.25) is 0 Å². The van der Waals surface area contributed by atoms with E-state index >= 15 is 0 Å². The Bertz CT molecular complexity index is 1340. The van der Waals surface area contributed by atoms with Crippen LogP contribution in [0.25, 0.3) is 0 Å². The molecule has 0 aliphatic heterocycles. The summed E-state index contributed by atoms with van der Waals surface area (Å²) in [5.41, 5.74) is -1.79. The fraction of sp³-hybridized carbons (Fsp3) is 0.231. The molecule has 0 atom stereocenters. The second-order valence-electron chi connectivity index (χ2n) is 7.87. The van der Waals surface area contributed by atoms with E-state index in [2.05, 4.69) is 21.3 Å². The maximum Gasteiger partial charge on any atom is 0.573 e. The molecule has 0 bridgehead atoms. The lowest BCUT2D eigenvalue weighted by molar-refractivity contribution is -0.276. The molecule has 0 N–H and O–H groups in total. The molecular weight excluding hydrogens is 534 g/mol. The van der Waals surface area contributed by atoms with Gasteiger partial charge in [0.15, 0.2) is 11.6 Å². The van der Waals surface area contributed by atoms with E-state index in [9.17, 15) is 43.9 Å². The van der Waals surface area contributed by atoms with E-state index in [1.807, 2.05) is 6.92 Å². The molecule has 0 fully saturated rings. The van der Waals surface area contributed by atoms with Gasteiger partial charge in [-0.2, -0.15) is 8.78 Å². The summed E-state index contributed by atoms with van der Waals surface area (Å²) in [6.07, 6.45) is -7.98. The Kier molecular flexibility index (Phi) is 8.49. The highest BCUT2D eigenvalue weighted by Crippen LogP contribution is 2.38. The van der Waals surface area contributed by atoms with Gasteiger partial charge in [0.2, 0.25) is 5.75 Å². The highest BCUT2D eigenvalue weighted by atomic mass is 19.4. The first kappa shape index (κ1) is 28.7. The number of hydrogen-bond acceptors (Lipinski definition) is 2. The molecule has 3 rings (SSSR count). The second-order valence-corrected chi connectivity index (χ2v) is 7.87. The largest absolute Gasteiger partial charge is 0.573 e. The summed E-state index contributed by atoms with van der Waals surface area (Å²) in [6.45, 7) is 1.97. The standard InChI is InChI=1S/C26H16F10O2/c1-2-3-4-14-5-7-16(18(27)9-14)8-6-15-10-19(28)23(20(29)11-15)25(32,33)37-17-12-21(30)24(22(31)13-17)38-26(34,35)36/h5,7,9-13H,2-4H2,1H3. The molecule has 0 unspecified atom stereocenters. The smallest absolute Gasteiger partial charge is 0.429 e. The summed E-state index contributed by atoms with van der Waals surface area (Å²) in [5.74, 6) is -7.28. The molecule has 0 saturated heterocycles. The van der Waals surface area contributed by atoms with Crippen LogP contribution in [0.5, 0.6) is 11.5 Å². The quantitative estimate of drug-likeness (QED) is 0.218. The summed E-state index contributed by atoms with van der Waals surface area (Å²) in [4.78, 5) is 0. The van der Waals surface area contributed by atoms with Crippen LogP contribution in [0.15, 0.2) is 42.5 Å². The van der Waals surface area contributed by atoms with Crippen molar-refractivity contribution < 1.29 is 53.4 Å². The van der Waals surface area contributed by atoms with E-state index in [0.29, 0.717) is 18.6 Å². The lowest BCUT2D eigenvalue weighted by Crippen LogP contribution is -2.25. The topological polar surface area (TPSA) is 18.5 Å². The molecule has 3 aromatic rings. The fourth-order valence-electron chi connectivity index (χ4n) is 3.27. The monoisotopic (exact) mass is 550 g/mol. The first-order valence-corrected chi connectivity index (χ1v) is 10.8. The van der Waals surface area contributed by atoms with Crippen LogP contribution in [0.4, 0.5) is 43.9 Å². The van der Waals surface area contributed by atoms with Gasteiger partial charge in [-0.15, -0.1) is 13.2 Å². The highest BCUT2D eigenvalue weighted by Gasteiger charge is 2.42. The number of halogens is 10. The van der Waals surface area contributed by atoms with E-state index in [-0.39, 0.29) is 17.7 Å².